The highest BCUT2D eigenvalue weighted by Gasteiger charge is 2.33. The Morgan fingerprint density at radius 2 is 1.48 bits per heavy atom. The maximum Gasteiger partial charge on any atom is 0.408 e. The first kappa shape index (κ1) is 37.6. The molecule has 1 heterocycles. The van der Waals surface area contributed by atoms with Gasteiger partial charge in [0.05, 0.1) is 12.4 Å². The van der Waals surface area contributed by atoms with Gasteiger partial charge in [-0.1, -0.05) is 93.6 Å². The fourth-order valence-electron chi connectivity index (χ4n) is 5.58. The van der Waals surface area contributed by atoms with Crippen LogP contribution in [0.2, 0.25) is 0 Å². The van der Waals surface area contributed by atoms with Gasteiger partial charge < -0.3 is 36.1 Å². The van der Waals surface area contributed by atoms with E-state index in [0.29, 0.717) is 18.5 Å². The van der Waals surface area contributed by atoms with E-state index >= 15 is 0 Å². The lowest BCUT2D eigenvalue weighted by Gasteiger charge is -2.29. The van der Waals surface area contributed by atoms with Crippen molar-refractivity contribution >= 4 is 34.6 Å². The zero-order valence-corrected chi connectivity index (χ0v) is 29.0. The van der Waals surface area contributed by atoms with E-state index in [1.165, 1.54) is 6.33 Å². The third-order valence-electron chi connectivity index (χ3n) is 8.44. The lowest BCUT2D eigenvalue weighted by atomic mass is 9.97. The summed E-state index contributed by atoms with van der Waals surface area (Å²) in [6.07, 6.45) is 1.81. The second-order valence-corrected chi connectivity index (χ2v) is 13.0. The van der Waals surface area contributed by atoms with Crippen molar-refractivity contribution in [2.24, 2.45) is 5.92 Å². The quantitative estimate of drug-likeness (QED) is 0.0977. The number of hydrogen-bond acceptors (Lipinski definition) is 7. The number of benzene rings is 3. The van der Waals surface area contributed by atoms with Crippen LogP contribution in [0.5, 0.6) is 0 Å². The van der Waals surface area contributed by atoms with E-state index in [4.69, 9.17) is 4.74 Å². The molecule has 12 heteroatoms. The second kappa shape index (κ2) is 18.5. The maximum atomic E-state index is 14.1. The van der Waals surface area contributed by atoms with Crippen LogP contribution in [0.15, 0.2) is 85.3 Å². The molecule has 0 bridgehead atoms. The molecule has 12 nitrogen and oxygen atoms in total. The normalized spacial score (nSPS) is 14.2. The molecule has 4 aromatic rings. The summed E-state index contributed by atoms with van der Waals surface area (Å²) in [6, 6.07) is 19.3. The van der Waals surface area contributed by atoms with E-state index in [9.17, 15) is 24.3 Å². The minimum atomic E-state index is -1.51. The number of nitrogens with one attached hydrogen (secondary N) is 5. The molecule has 1 aromatic heterocycles. The zero-order chi connectivity index (χ0) is 36.0. The Balaban J connectivity index is 1.58. The summed E-state index contributed by atoms with van der Waals surface area (Å²) in [5, 5.41) is 24.0. The number of rotatable bonds is 17. The van der Waals surface area contributed by atoms with Crippen LogP contribution >= 0.6 is 0 Å². The van der Waals surface area contributed by atoms with Gasteiger partial charge in [0.2, 0.25) is 11.8 Å². The minimum absolute atomic E-state index is 0.00428. The van der Waals surface area contributed by atoms with Crippen molar-refractivity contribution in [3.63, 3.8) is 0 Å². The van der Waals surface area contributed by atoms with Gasteiger partial charge in [-0.25, -0.2) is 9.78 Å². The SMILES string of the molecule is CCC(C)NC(=O)[C@@H](O)[C@H](CC(C)C)NC(=O)[C@@H](Cc1cnc[nH]1)NC(=O)[C@H](Cc1cccc2ccccc12)NC(=O)OCc1ccccc1. The molecule has 0 radical (unpaired) electrons. The predicted octanol–water partition coefficient (Wildman–Crippen LogP) is 3.93. The van der Waals surface area contributed by atoms with E-state index < -0.39 is 48.0 Å². The number of aliphatic hydroxyl groups is 1. The topological polar surface area (TPSA) is 175 Å². The number of aromatic nitrogens is 2. The molecule has 266 valence electrons. The van der Waals surface area contributed by atoms with Gasteiger partial charge >= 0.3 is 6.09 Å². The van der Waals surface area contributed by atoms with Crippen LogP contribution in [-0.4, -0.2) is 69.2 Å². The molecule has 0 aliphatic heterocycles. The number of H-pyrrole nitrogens is 1. The molecule has 0 fully saturated rings. The highest BCUT2D eigenvalue weighted by molar-refractivity contribution is 5.93. The highest BCUT2D eigenvalue weighted by atomic mass is 16.5. The van der Waals surface area contributed by atoms with E-state index in [2.05, 4.69) is 31.2 Å². The fraction of sp³-hybridized carbons (Fsp3) is 0.395. The highest BCUT2D eigenvalue weighted by Crippen LogP contribution is 2.20. The average molecular weight is 685 g/mol. The van der Waals surface area contributed by atoms with Crippen LogP contribution in [0.25, 0.3) is 10.8 Å². The summed E-state index contributed by atoms with van der Waals surface area (Å²) >= 11 is 0. The number of aromatic amines is 1. The van der Waals surface area contributed by atoms with Gasteiger partial charge in [0.25, 0.3) is 5.91 Å². The summed E-state index contributed by atoms with van der Waals surface area (Å²) in [6.45, 7) is 7.59. The number of alkyl carbamates (subject to hydrolysis) is 1. The summed E-state index contributed by atoms with van der Waals surface area (Å²) in [7, 11) is 0. The van der Waals surface area contributed by atoms with Crippen LogP contribution in [0.3, 0.4) is 0 Å². The van der Waals surface area contributed by atoms with Crippen molar-refractivity contribution in [3.05, 3.63) is 102 Å². The van der Waals surface area contributed by atoms with E-state index in [-0.39, 0.29) is 31.4 Å². The van der Waals surface area contributed by atoms with Gasteiger partial charge in [-0.05, 0) is 47.6 Å². The first-order valence-electron chi connectivity index (χ1n) is 17.0. The molecule has 1 unspecified atom stereocenters. The lowest BCUT2D eigenvalue weighted by molar-refractivity contribution is -0.135. The summed E-state index contributed by atoms with van der Waals surface area (Å²) in [4.78, 5) is 61.0. The number of carbonyl (C=O) groups is 4. The lowest BCUT2D eigenvalue weighted by Crippen LogP contribution is -2.59. The molecule has 4 amide bonds. The number of ether oxygens (including phenoxy) is 1. The molecule has 0 aliphatic rings. The summed E-state index contributed by atoms with van der Waals surface area (Å²) < 4.78 is 5.46. The molecule has 0 saturated heterocycles. The number of amides is 4. The molecule has 5 atom stereocenters. The van der Waals surface area contributed by atoms with Crippen LogP contribution in [-0.2, 0) is 38.6 Å². The first-order chi connectivity index (χ1) is 24.0. The Kier molecular flexibility index (Phi) is 13.9. The third-order valence-corrected chi connectivity index (χ3v) is 8.44. The Morgan fingerprint density at radius 3 is 2.18 bits per heavy atom. The molecule has 50 heavy (non-hydrogen) atoms. The first-order valence-corrected chi connectivity index (χ1v) is 17.0. The Hall–Kier alpha value is -5.23. The van der Waals surface area contributed by atoms with Crippen LogP contribution in [0.1, 0.15) is 57.4 Å². The molecular formula is C38H48N6O6. The molecule has 0 spiro atoms. The van der Waals surface area contributed by atoms with Gasteiger partial charge in [-0.15, -0.1) is 0 Å². The molecule has 4 rings (SSSR count). The summed E-state index contributed by atoms with van der Waals surface area (Å²) in [5.74, 6) is -1.79. The van der Waals surface area contributed by atoms with Gasteiger partial charge in [0.15, 0.2) is 6.10 Å². The Bertz CT molecular complexity index is 1690. The Morgan fingerprint density at radius 1 is 0.800 bits per heavy atom. The monoisotopic (exact) mass is 684 g/mol. The molecule has 6 N–H and O–H groups in total. The van der Waals surface area contributed by atoms with Crippen molar-refractivity contribution in [1.82, 2.24) is 31.2 Å². The molecule has 3 aromatic carbocycles. The van der Waals surface area contributed by atoms with Gasteiger partial charge in [-0.2, -0.15) is 0 Å². The van der Waals surface area contributed by atoms with E-state index in [1.54, 1.807) is 6.20 Å². The van der Waals surface area contributed by atoms with Crippen molar-refractivity contribution < 1.29 is 29.0 Å². The number of imidazole rings is 1. The average Bonchev–Trinajstić information content (AvgIpc) is 3.63. The van der Waals surface area contributed by atoms with Crippen LogP contribution in [0, 0.1) is 5.92 Å². The molecule has 0 saturated carbocycles. The maximum absolute atomic E-state index is 14.1. The second-order valence-electron chi connectivity index (χ2n) is 13.0. The number of fused-ring (bicyclic) bond motifs is 1. The van der Waals surface area contributed by atoms with Gasteiger partial charge in [0, 0.05) is 30.8 Å². The van der Waals surface area contributed by atoms with Crippen molar-refractivity contribution in [3.8, 4) is 0 Å². The van der Waals surface area contributed by atoms with Crippen molar-refractivity contribution in [2.75, 3.05) is 0 Å². The predicted molar refractivity (Wildman–Crippen MR) is 191 cm³/mol. The zero-order valence-electron chi connectivity index (χ0n) is 29.0. The fourth-order valence-corrected chi connectivity index (χ4v) is 5.58. The number of carbonyl (C=O) groups excluding carboxylic acids is 4. The Labute approximate surface area is 292 Å². The van der Waals surface area contributed by atoms with Gasteiger partial charge in [-0.3, -0.25) is 14.4 Å². The largest absolute Gasteiger partial charge is 0.445 e. The third kappa shape index (κ3) is 11.2. The molecule has 0 aliphatic carbocycles. The number of nitrogens with zero attached hydrogens (tertiary/aromatic N) is 1. The van der Waals surface area contributed by atoms with Crippen molar-refractivity contribution in [2.45, 2.75) is 90.3 Å². The number of aliphatic hydroxyl groups excluding tert-OH is 1. The minimum Gasteiger partial charge on any atom is -0.445 e. The van der Waals surface area contributed by atoms with Crippen LogP contribution < -0.4 is 21.3 Å². The van der Waals surface area contributed by atoms with E-state index in [0.717, 1.165) is 21.9 Å². The smallest absolute Gasteiger partial charge is 0.408 e. The van der Waals surface area contributed by atoms with Gasteiger partial charge in [0.1, 0.15) is 18.7 Å². The van der Waals surface area contributed by atoms with Crippen molar-refractivity contribution in [1.29, 1.82) is 0 Å². The van der Waals surface area contributed by atoms with E-state index in [1.807, 2.05) is 100 Å². The molecular weight excluding hydrogens is 636 g/mol. The summed E-state index contributed by atoms with van der Waals surface area (Å²) in [5.41, 5.74) is 2.17. The number of hydrogen-bond donors (Lipinski definition) is 6. The standard InChI is InChI=1S/C38H48N6O6/c1-5-25(4)41-37(48)34(45)31(18-24(2)3)42-36(47)33(20-29-21-39-23-40-29)43-35(46)32(44-38(49)50-22-26-12-7-6-8-13-26)19-28-16-11-15-27-14-9-10-17-30(27)28/h6-17,21,23-25,31-34,45H,5,18-20,22H2,1-4H3,(H,39,40)(H,41,48)(H,42,47)(H,43,46)(H,44,49)/t25?,31-,32-,33+,34-/m0/s1. The van der Waals surface area contributed by atoms with Crippen LogP contribution in [0.4, 0.5) is 4.79 Å².